The molecular weight excluding hydrogens is 374 g/mol. The highest BCUT2D eigenvalue weighted by molar-refractivity contribution is 7.18. The molecule has 140 valence electrons. The highest BCUT2D eigenvalue weighted by Crippen LogP contribution is 2.33. The number of aromatic nitrogens is 2. The summed E-state index contributed by atoms with van der Waals surface area (Å²) in [6.45, 7) is -0.366. The van der Waals surface area contributed by atoms with Crippen LogP contribution in [0, 0.1) is 0 Å². The first-order chi connectivity index (χ1) is 13.0. The SMILES string of the molecule is COC(=O)c1sc(N)c(C(=O)OC)c1COC(=O)c1cn2ccccc2n1. The van der Waals surface area contributed by atoms with E-state index < -0.39 is 17.9 Å². The Morgan fingerprint density at radius 2 is 1.89 bits per heavy atom. The Morgan fingerprint density at radius 1 is 1.15 bits per heavy atom. The Morgan fingerprint density at radius 3 is 2.56 bits per heavy atom. The predicted molar refractivity (Wildman–Crippen MR) is 95.7 cm³/mol. The summed E-state index contributed by atoms with van der Waals surface area (Å²) in [4.78, 5) is 40.5. The minimum atomic E-state index is -0.738. The standard InChI is InChI=1S/C17H15N3O6S/c1-24-16(22)12-9(13(17(23)25-2)27-14(12)18)8-26-15(21)10-7-20-6-4-3-5-11(20)19-10/h3-7H,8,18H2,1-2H3. The number of thiophene rings is 1. The summed E-state index contributed by atoms with van der Waals surface area (Å²) in [6, 6.07) is 5.32. The molecule has 0 bridgehead atoms. The monoisotopic (exact) mass is 389 g/mol. The molecule has 3 aromatic heterocycles. The number of nitrogen functional groups attached to an aromatic ring is 1. The van der Waals surface area contributed by atoms with Crippen molar-refractivity contribution in [2.45, 2.75) is 6.61 Å². The molecule has 9 nitrogen and oxygen atoms in total. The fourth-order valence-corrected chi connectivity index (χ4v) is 3.43. The third-order valence-electron chi connectivity index (χ3n) is 3.72. The first kappa shape index (κ1) is 18.4. The number of imidazole rings is 1. The molecule has 2 N–H and O–H groups in total. The molecule has 0 unspecified atom stereocenters. The van der Waals surface area contributed by atoms with Crippen LogP contribution in [0.1, 0.15) is 36.1 Å². The maximum Gasteiger partial charge on any atom is 0.358 e. The van der Waals surface area contributed by atoms with Gasteiger partial charge >= 0.3 is 17.9 Å². The summed E-state index contributed by atoms with van der Waals surface area (Å²) in [5.74, 6) is -2.14. The number of hydrogen-bond acceptors (Lipinski definition) is 9. The first-order valence-corrected chi connectivity index (χ1v) is 8.46. The number of carbonyl (C=O) groups excluding carboxylic acids is 3. The van der Waals surface area contributed by atoms with E-state index in [0.29, 0.717) is 5.65 Å². The number of methoxy groups -OCH3 is 2. The van der Waals surface area contributed by atoms with Crippen molar-refractivity contribution in [2.24, 2.45) is 0 Å². The second-order valence-corrected chi connectivity index (χ2v) is 6.35. The fraction of sp³-hybridized carbons (Fsp3) is 0.176. The second kappa shape index (κ2) is 7.46. The summed E-state index contributed by atoms with van der Waals surface area (Å²) in [6.07, 6.45) is 3.26. The van der Waals surface area contributed by atoms with Gasteiger partial charge in [-0.1, -0.05) is 6.07 Å². The van der Waals surface area contributed by atoms with Crippen LogP contribution in [0.5, 0.6) is 0 Å². The zero-order chi connectivity index (χ0) is 19.6. The Balaban J connectivity index is 1.88. The Bertz CT molecular complexity index is 1010. The summed E-state index contributed by atoms with van der Waals surface area (Å²) in [5.41, 5.74) is 6.61. The van der Waals surface area contributed by atoms with E-state index >= 15 is 0 Å². The first-order valence-electron chi connectivity index (χ1n) is 7.64. The number of esters is 3. The van der Waals surface area contributed by atoms with Crippen LogP contribution < -0.4 is 5.73 Å². The minimum absolute atomic E-state index is 0.0225. The number of hydrogen-bond donors (Lipinski definition) is 1. The van der Waals surface area contributed by atoms with Crippen LogP contribution in [0.15, 0.2) is 30.6 Å². The maximum absolute atomic E-state index is 12.3. The van der Waals surface area contributed by atoms with Crippen molar-refractivity contribution in [2.75, 3.05) is 20.0 Å². The molecule has 0 aromatic carbocycles. The Kier molecular flexibility index (Phi) is 5.08. The molecule has 0 atom stereocenters. The lowest BCUT2D eigenvalue weighted by Gasteiger charge is -2.07. The van der Waals surface area contributed by atoms with Gasteiger partial charge in [-0.15, -0.1) is 11.3 Å². The Labute approximate surface area is 157 Å². The molecule has 10 heteroatoms. The molecule has 0 aliphatic heterocycles. The highest BCUT2D eigenvalue weighted by atomic mass is 32.1. The van der Waals surface area contributed by atoms with Gasteiger partial charge in [-0.05, 0) is 12.1 Å². The molecule has 0 aliphatic carbocycles. The smallest absolute Gasteiger partial charge is 0.358 e. The summed E-state index contributed by atoms with van der Waals surface area (Å²) < 4.78 is 16.3. The molecule has 0 saturated heterocycles. The number of ether oxygens (including phenoxy) is 3. The van der Waals surface area contributed by atoms with E-state index in [9.17, 15) is 14.4 Å². The Hall–Kier alpha value is -3.40. The van der Waals surface area contributed by atoms with E-state index in [4.69, 9.17) is 19.9 Å². The fourth-order valence-electron chi connectivity index (χ4n) is 2.45. The lowest BCUT2D eigenvalue weighted by Crippen LogP contribution is -2.13. The van der Waals surface area contributed by atoms with Gasteiger partial charge < -0.3 is 24.3 Å². The van der Waals surface area contributed by atoms with Gasteiger partial charge in [0, 0.05) is 18.0 Å². The van der Waals surface area contributed by atoms with Gasteiger partial charge in [0.2, 0.25) is 0 Å². The van der Waals surface area contributed by atoms with E-state index in [1.165, 1.54) is 20.4 Å². The second-order valence-electron chi connectivity index (χ2n) is 5.30. The van der Waals surface area contributed by atoms with Crippen molar-refractivity contribution in [3.63, 3.8) is 0 Å². The summed E-state index contributed by atoms with van der Waals surface area (Å²) >= 11 is 0.860. The zero-order valence-electron chi connectivity index (χ0n) is 14.4. The molecule has 0 fully saturated rings. The van der Waals surface area contributed by atoms with E-state index in [0.717, 1.165) is 11.3 Å². The van der Waals surface area contributed by atoms with Gasteiger partial charge in [0.25, 0.3) is 0 Å². The van der Waals surface area contributed by atoms with Gasteiger partial charge in [-0.25, -0.2) is 19.4 Å². The van der Waals surface area contributed by atoms with Crippen LogP contribution in [0.3, 0.4) is 0 Å². The molecule has 3 aromatic rings. The number of nitrogens with two attached hydrogens (primary N) is 1. The van der Waals surface area contributed by atoms with Gasteiger partial charge in [0.05, 0.1) is 14.2 Å². The van der Waals surface area contributed by atoms with Crippen LogP contribution in [0.4, 0.5) is 5.00 Å². The van der Waals surface area contributed by atoms with Crippen molar-refractivity contribution in [1.82, 2.24) is 9.38 Å². The van der Waals surface area contributed by atoms with Crippen LogP contribution in [0.25, 0.3) is 5.65 Å². The molecule has 0 amide bonds. The van der Waals surface area contributed by atoms with Crippen molar-refractivity contribution >= 4 is 39.9 Å². The minimum Gasteiger partial charge on any atom is -0.465 e. The predicted octanol–water partition coefficient (Wildman–Crippen LogP) is 1.91. The van der Waals surface area contributed by atoms with Crippen LogP contribution in [0.2, 0.25) is 0 Å². The number of carbonyl (C=O) groups is 3. The topological polar surface area (TPSA) is 122 Å². The number of nitrogens with zero attached hydrogens (tertiary/aromatic N) is 2. The zero-order valence-corrected chi connectivity index (χ0v) is 15.2. The van der Waals surface area contributed by atoms with E-state index in [2.05, 4.69) is 4.98 Å². The van der Waals surface area contributed by atoms with E-state index in [-0.39, 0.29) is 33.3 Å². The lowest BCUT2D eigenvalue weighted by molar-refractivity contribution is 0.0447. The number of pyridine rings is 1. The van der Waals surface area contributed by atoms with Crippen LogP contribution in [-0.4, -0.2) is 41.5 Å². The lowest BCUT2D eigenvalue weighted by atomic mass is 10.1. The molecule has 0 aliphatic rings. The average molecular weight is 389 g/mol. The van der Waals surface area contributed by atoms with E-state index in [1.807, 2.05) is 0 Å². The van der Waals surface area contributed by atoms with Gasteiger partial charge in [-0.3, -0.25) is 0 Å². The van der Waals surface area contributed by atoms with Gasteiger partial charge in [0.1, 0.15) is 27.7 Å². The molecular formula is C17H15N3O6S. The quantitative estimate of drug-likeness (QED) is 0.519. The molecule has 0 saturated carbocycles. The van der Waals surface area contributed by atoms with Crippen LogP contribution >= 0.6 is 11.3 Å². The molecule has 27 heavy (non-hydrogen) atoms. The average Bonchev–Trinajstić information content (AvgIpc) is 3.25. The van der Waals surface area contributed by atoms with Gasteiger partial charge in [-0.2, -0.15) is 0 Å². The van der Waals surface area contributed by atoms with Crippen molar-refractivity contribution in [3.8, 4) is 0 Å². The van der Waals surface area contributed by atoms with Crippen molar-refractivity contribution in [1.29, 1.82) is 0 Å². The summed E-state index contributed by atoms with van der Waals surface area (Å²) in [7, 11) is 2.38. The van der Waals surface area contributed by atoms with Crippen LogP contribution in [-0.2, 0) is 20.8 Å². The van der Waals surface area contributed by atoms with Crippen molar-refractivity contribution in [3.05, 3.63) is 52.3 Å². The summed E-state index contributed by atoms with van der Waals surface area (Å²) in [5, 5.41) is 0.0704. The molecule has 3 heterocycles. The highest BCUT2D eigenvalue weighted by Gasteiger charge is 2.28. The normalized spacial score (nSPS) is 10.6. The number of anilines is 1. The van der Waals surface area contributed by atoms with E-state index in [1.54, 1.807) is 28.8 Å². The van der Waals surface area contributed by atoms with Gasteiger partial charge in [0.15, 0.2) is 5.69 Å². The third kappa shape index (κ3) is 3.47. The third-order valence-corrected chi connectivity index (χ3v) is 4.76. The van der Waals surface area contributed by atoms with Crippen molar-refractivity contribution < 1.29 is 28.6 Å². The largest absolute Gasteiger partial charge is 0.465 e. The molecule has 3 rings (SSSR count). The molecule has 0 spiro atoms. The maximum atomic E-state index is 12.3. The molecule has 0 radical (unpaired) electrons. The number of fused-ring (bicyclic) bond motifs is 1. The number of rotatable bonds is 5.